The van der Waals surface area contributed by atoms with Crippen LogP contribution in [0.15, 0.2) is 18.2 Å². The third-order valence-electron chi connectivity index (χ3n) is 3.12. The second-order valence-corrected chi connectivity index (χ2v) is 4.75. The summed E-state index contributed by atoms with van der Waals surface area (Å²) in [4.78, 5) is 2.14. The van der Waals surface area contributed by atoms with Gasteiger partial charge in [-0.2, -0.15) is 0 Å². The summed E-state index contributed by atoms with van der Waals surface area (Å²) in [6.07, 6.45) is 0.896. The first-order valence-electron chi connectivity index (χ1n) is 5.57. The molecule has 1 aromatic rings. The van der Waals surface area contributed by atoms with Crippen LogP contribution in [0.4, 0.5) is 10.1 Å². The lowest BCUT2D eigenvalue weighted by Gasteiger charge is -2.19. The van der Waals surface area contributed by atoms with E-state index in [2.05, 4.69) is 0 Å². The van der Waals surface area contributed by atoms with Crippen molar-refractivity contribution >= 4 is 22.9 Å². The topological polar surface area (TPSA) is 49.5 Å². The average Bonchev–Trinajstić information content (AvgIpc) is 2.77. The minimum atomic E-state index is -0.311. The zero-order valence-corrected chi connectivity index (χ0v) is 10.2. The molecule has 1 heterocycles. The molecule has 1 aliphatic rings. The molecule has 92 valence electrons. The first-order valence-corrected chi connectivity index (χ1v) is 5.98. The van der Waals surface area contributed by atoms with Gasteiger partial charge in [0.15, 0.2) is 0 Å². The van der Waals surface area contributed by atoms with Crippen molar-refractivity contribution in [2.45, 2.75) is 6.42 Å². The highest BCUT2D eigenvalue weighted by Crippen LogP contribution is 2.26. The van der Waals surface area contributed by atoms with Gasteiger partial charge in [-0.3, -0.25) is 0 Å². The molecule has 1 fully saturated rings. The van der Waals surface area contributed by atoms with Gasteiger partial charge in [-0.25, -0.2) is 4.39 Å². The molecule has 0 saturated carbocycles. The van der Waals surface area contributed by atoms with Gasteiger partial charge < -0.3 is 15.7 Å². The lowest BCUT2D eigenvalue weighted by atomic mass is 10.1. The van der Waals surface area contributed by atoms with Crippen molar-refractivity contribution in [1.29, 1.82) is 0 Å². The van der Waals surface area contributed by atoms with E-state index >= 15 is 0 Å². The van der Waals surface area contributed by atoms with Gasteiger partial charge in [0.2, 0.25) is 0 Å². The highest BCUT2D eigenvalue weighted by molar-refractivity contribution is 7.80. The van der Waals surface area contributed by atoms with Crippen LogP contribution in [0.5, 0.6) is 0 Å². The van der Waals surface area contributed by atoms with E-state index < -0.39 is 0 Å². The molecule has 0 aromatic heterocycles. The van der Waals surface area contributed by atoms with E-state index in [1.54, 1.807) is 12.1 Å². The van der Waals surface area contributed by atoms with Gasteiger partial charge in [0, 0.05) is 31.2 Å². The van der Waals surface area contributed by atoms with Crippen molar-refractivity contribution in [3.8, 4) is 0 Å². The van der Waals surface area contributed by atoms with Gasteiger partial charge in [0.1, 0.15) is 10.8 Å². The standard InChI is InChI=1S/C12H15FN2OS/c13-10-5-9(12(14)17)1-2-11(10)15-4-3-8(6-15)7-16/h1-2,5,8,16H,3-4,6-7H2,(H2,14,17). The number of halogens is 1. The van der Waals surface area contributed by atoms with Crippen molar-refractivity contribution < 1.29 is 9.50 Å². The number of anilines is 1. The normalized spacial score (nSPS) is 19.6. The Morgan fingerprint density at radius 3 is 2.88 bits per heavy atom. The van der Waals surface area contributed by atoms with Gasteiger partial charge >= 0.3 is 0 Å². The molecule has 1 saturated heterocycles. The fourth-order valence-corrected chi connectivity index (χ4v) is 2.24. The maximum atomic E-state index is 13.9. The van der Waals surface area contributed by atoms with Crippen LogP contribution in [-0.2, 0) is 0 Å². The molecule has 17 heavy (non-hydrogen) atoms. The largest absolute Gasteiger partial charge is 0.396 e. The van der Waals surface area contributed by atoms with Crippen LogP contribution >= 0.6 is 12.2 Å². The number of benzene rings is 1. The fourth-order valence-electron chi connectivity index (χ4n) is 2.12. The summed E-state index contributed by atoms with van der Waals surface area (Å²) in [6, 6.07) is 4.79. The Balaban J connectivity index is 2.20. The van der Waals surface area contributed by atoms with Gasteiger partial charge in [0.05, 0.1) is 5.69 Å². The highest BCUT2D eigenvalue weighted by Gasteiger charge is 2.23. The van der Waals surface area contributed by atoms with Crippen LogP contribution in [-0.4, -0.2) is 29.8 Å². The van der Waals surface area contributed by atoms with Gasteiger partial charge in [0.25, 0.3) is 0 Å². The van der Waals surface area contributed by atoms with Crippen molar-refractivity contribution in [2.75, 3.05) is 24.6 Å². The number of aliphatic hydroxyl groups excluding tert-OH is 1. The van der Waals surface area contributed by atoms with E-state index in [1.165, 1.54) is 6.07 Å². The summed E-state index contributed by atoms with van der Waals surface area (Å²) in [5.41, 5.74) is 6.55. The number of hydrogen-bond acceptors (Lipinski definition) is 3. The van der Waals surface area contributed by atoms with Crippen molar-refractivity contribution in [1.82, 2.24) is 0 Å². The molecular weight excluding hydrogens is 239 g/mol. The molecule has 0 radical (unpaired) electrons. The average molecular weight is 254 g/mol. The maximum absolute atomic E-state index is 13.9. The minimum absolute atomic E-state index is 0.156. The van der Waals surface area contributed by atoms with Crippen molar-refractivity contribution in [3.63, 3.8) is 0 Å². The predicted molar refractivity (Wildman–Crippen MR) is 69.7 cm³/mol. The van der Waals surface area contributed by atoms with Crippen LogP contribution < -0.4 is 10.6 Å². The van der Waals surface area contributed by atoms with Crippen molar-refractivity contribution in [3.05, 3.63) is 29.6 Å². The molecule has 1 unspecified atom stereocenters. The second-order valence-electron chi connectivity index (χ2n) is 4.31. The molecule has 1 atom stereocenters. The minimum Gasteiger partial charge on any atom is -0.396 e. The lowest BCUT2D eigenvalue weighted by molar-refractivity contribution is 0.238. The summed E-state index contributed by atoms with van der Waals surface area (Å²) in [5.74, 6) is -0.0708. The van der Waals surface area contributed by atoms with E-state index in [0.717, 1.165) is 13.0 Å². The Morgan fingerprint density at radius 2 is 2.35 bits per heavy atom. The van der Waals surface area contributed by atoms with E-state index in [9.17, 15) is 4.39 Å². The molecule has 5 heteroatoms. The zero-order valence-electron chi connectivity index (χ0n) is 9.40. The smallest absolute Gasteiger partial charge is 0.147 e. The van der Waals surface area contributed by atoms with Gasteiger partial charge in [-0.05, 0) is 24.6 Å². The zero-order chi connectivity index (χ0) is 12.4. The third kappa shape index (κ3) is 2.56. The summed E-state index contributed by atoms with van der Waals surface area (Å²) < 4.78 is 13.9. The monoisotopic (exact) mass is 254 g/mol. The molecule has 3 nitrogen and oxygen atoms in total. The van der Waals surface area contributed by atoms with E-state index in [-0.39, 0.29) is 23.3 Å². The number of thiocarbonyl (C=S) groups is 1. The Morgan fingerprint density at radius 1 is 1.59 bits per heavy atom. The summed E-state index contributed by atoms with van der Waals surface area (Å²) in [6.45, 7) is 1.62. The second kappa shape index (κ2) is 4.98. The van der Waals surface area contributed by atoms with Crippen molar-refractivity contribution in [2.24, 2.45) is 11.7 Å². The van der Waals surface area contributed by atoms with Gasteiger partial charge in [-0.15, -0.1) is 0 Å². The summed E-state index contributed by atoms with van der Waals surface area (Å²) >= 11 is 4.80. The maximum Gasteiger partial charge on any atom is 0.147 e. The molecule has 0 aliphatic carbocycles. The SMILES string of the molecule is NC(=S)c1ccc(N2CCC(CO)C2)c(F)c1. The molecular formula is C12H15FN2OS. The molecule has 0 spiro atoms. The number of hydrogen-bond donors (Lipinski definition) is 2. The van der Waals surface area contributed by atoms with Crippen LogP contribution in [0.2, 0.25) is 0 Å². The molecule has 3 N–H and O–H groups in total. The molecule has 2 rings (SSSR count). The van der Waals surface area contributed by atoms with E-state index in [4.69, 9.17) is 23.1 Å². The quantitative estimate of drug-likeness (QED) is 0.798. The fraction of sp³-hybridized carbons (Fsp3) is 0.417. The molecule has 1 aromatic carbocycles. The summed E-state index contributed by atoms with van der Waals surface area (Å²) in [5, 5.41) is 9.06. The Bertz CT molecular complexity index is 439. The Hall–Kier alpha value is -1.20. The highest BCUT2D eigenvalue weighted by atomic mass is 32.1. The van der Waals surface area contributed by atoms with Crippen LogP contribution in [0, 0.1) is 11.7 Å². The third-order valence-corrected chi connectivity index (χ3v) is 3.35. The number of rotatable bonds is 3. The predicted octanol–water partition coefficient (Wildman–Crippen LogP) is 1.28. The number of nitrogens with zero attached hydrogens (tertiary/aromatic N) is 1. The van der Waals surface area contributed by atoms with Crippen LogP contribution in [0.1, 0.15) is 12.0 Å². The Labute approximate surface area is 105 Å². The number of nitrogens with two attached hydrogens (primary N) is 1. The van der Waals surface area contributed by atoms with E-state index in [0.29, 0.717) is 17.8 Å². The Kier molecular flexibility index (Phi) is 3.59. The van der Waals surface area contributed by atoms with Gasteiger partial charge in [-0.1, -0.05) is 12.2 Å². The molecule has 0 amide bonds. The lowest BCUT2D eigenvalue weighted by Crippen LogP contribution is -2.22. The molecule has 0 bridgehead atoms. The van der Waals surface area contributed by atoms with E-state index in [1.807, 2.05) is 4.90 Å². The van der Waals surface area contributed by atoms with Crippen LogP contribution in [0.3, 0.4) is 0 Å². The van der Waals surface area contributed by atoms with Crippen LogP contribution in [0.25, 0.3) is 0 Å². The summed E-state index contributed by atoms with van der Waals surface area (Å²) in [7, 11) is 0. The number of aliphatic hydroxyl groups is 1. The molecule has 1 aliphatic heterocycles. The first-order chi connectivity index (χ1) is 8.11. The first kappa shape index (κ1) is 12.3.